The summed E-state index contributed by atoms with van der Waals surface area (Å²) in [6.07, 6.45) is 0. The smallest absolute Gasteiger partial charge is 0.257 e. The van der Waals surface area contributed by atoms with Gasteiger partial charge in [0, 0.05) is 13.6 Å². The first kappa shape index (κ1) is 16.9. The number of hydrogen-bond acceptors (Lipinski definition) is 4. The Morgan fingerprint density at radius 2 is 1.96 bits per heavy atom. The Morgan fingerprint density at radius 1 is 1.22 bits per heavy atom. The van der Waals surface area contributed by atoms with Crippen molar-refractivity contribution >= 4 is 5.91 Å². The highest BCUT2D eigenvalue weighted by Gasteiger charge is 2.18. The van der Waals surface area contributed by atoms with Gasteiger partial charge in [0.05, 0.1) is 19.3 Å². The van der Waals surface area contributed by atoms with Crippen molar-refractivity contribution in [2.45, 2.75) is 27.3 Å². The summed E-state index contributed by atoms with van der Waals surface area (Å²) in [5.74, 6) is 2.69. The quantitative estimate of drug-likeness (QED) is 0.817. The van der Waals surface area contributed by atoms with Crippen molar-refractivity contribution in [3.8, 4) is 11.5 Å². The fraction of sp³-hybridized carbons (Fsp3) is 0.389. The Bertz CT molecular complexity index is 690. The van der Waals surface area contributed by atoms with Crippen LogP contribution in [0.3, 0.4) is 0 Å². The number of nitrogens with zero attached hydrogens (tertiary/aromatic N) is 1. The van der Waals surface area contributed by atoms with Crippen molar-refractivity contribution in [1.82, 2.24) is 4.90 Å². The summed E-state index contributed by atoms with van der Waals surface area (Å²) in [7, 11) is 3.38. The Labute approximate surface area is 136 Å². The number of ether oxygens (including phenoxy) is 2. The van der Waals surface area contributed by atoms with Gasteiger partial charge in [0.15, 0.2) is 11.5 Å². The topological polar surface area (TPSA) is 51.9 Å². The van der Waals surface area contributed by atoms with Gasteiger partial charge in [-0.2, -0.15) is 0 Å². The number of hydrogen-bond donors (Lipinski definition) is 0. The van der Waals surface area contributed by atoms with E-state index in [-0.39, 0.29) is 5.91 Å². The maximum Gasteiger partial charge on any atom is 0.257 e. The van der Waals surface area contributed by atoms with Gasteiger partial charge >= 0.3 is 0 Å². The minimum atomic E-state index is -0.0628. The summed E-state index contributed by atoms with van der Waals surface area (Å²) >= 11 is 0. The zero-order chi connectivity index (χ0) is 17.0. The minimum Gasteiger partial charge on any atom is -0.493 e. The molecule has 0 unspecified atom stereocenters. The second-order valence-corrected chi connectivity index (χ2v) is 5.41. The van der Waals surface area contributed by atoms with E-state index in [0.29, 0.717) is 36.0 Å². The second kappa shape index (κ2) is 7.22. The SMILES string of the molecule is CCOc1ccc(CN(C)C(=O)c2cc(C)oc2C)cc1OC. The molecule has 5 nitrogen and oxygen atoms in total. The van der Waals surface area contributed by atoms with Crippen molar-refractivity contribution in [2.75, 3.05) is 20.8 Å². The molecular weight excluding hydrogens is 294 g/mol. The van der Waals surface area contributed by atoms with Crippen LogP contribution in [-0.4, -0.2) is 31.6 Å². The van der Waals surface area contributed by atoms with Crippen LogP contribution < -0.4 is 9.47 Å². The Kier molecular flexibility index (Phi) is 5.32. The van der Waals surface area contributed by atoms with E-state index in [1.807, 2.05) is 32.0 Å². The van der Waals surface area contributed by atoms with Gasteiger partial charge in [0.25, 0.3) is 5.91 Å². The molecule has 0 aliphatic heterocycles. The van der Waals surface area contributed by atoms with Crippen LogP contribution in [0.25, 0.3) is 0 Å². The van der Waals surface area contributed by atoms with Crippen molar-refractivity contribution in [2.24, 2.45) is 0 Å². The number of rotatable bonds is 6. The number of amides is 1. The lowest BCUT2D eigenvalue weighted by molar-refractivity contribution is 0.0783. The lowest BCUT2D eigenvalue weighted by Crippen LogP contribution is -2.26. The first-order chi connectivity index (χ1) is 11.0. The number of carbonyl (C=O) groups is 1. The average Bonchev–Trinajstić information content (AvgIpc) is 2.86. The molecular formula is C18H23NO4. The van der Waals surface area contributed by atoms with E-state index in [1.54, 1.807) is 32.0 Å². The van der Waals surface area contributed by atoms with Gasteiger partial charge in [0.2, 0.25) is 0 Å². The molecule has 124 valence electrons. The van der Waals surface area contributed by atoms with E-state index < -0.39 is 0 Å². The summed E-state index contributed by atoms with van der Waals surface area (Å²) < 4.78 is 16.3. The van der Waals surface area contributed by atoms with Gasteiger partial charge in [-0.3, -0.25) is 4.79 Å². The normalized spacial score (nSPS) is 10.5. The third-order valence-electron chi connectivity index (χ3n) is 3.57. The number of methoxy groups -OCH3 is 1. The van der Waals surface area contributed by atoms with Crippen LogP contribution in [0.5, 0.6) is 11.5 Å². The van der Waals surface area contributed by atoms with Crippen LogP contribution in [0.2, 0.25) is 0 Å². The molecule has 23 heavy (non-hydrogen) atoms. The third-order valence-corrected chi connectivity index (χ3v) is 3.57. The van der Waals surface area contributed by atoms with Crippen LogP contribution in [0.15, 0.2) is 28.7 Å². The van der Waals surface area contributed by atoms with E-state index >= 15 is 0 Å². The third kappa shape index (κ3) is 3.86. The molecule has 0 aliphatic carbocycles. The van der Waals surface area contributed by atoms with E-state index in [2.05, 4.69) is 0 Å². The zero-order valence-corrected chi connectivity index (χ0v) is 14.3. The molecule has 1 amide bonds. The fourth-order valence-corrected chi connectivity index (χ4v) is 2.48. The van der Waals surface area contributed by atoms with Gasteiger partial charge in [0.1, 0.15) is 11.5 Å². The van der Waals surface area contributed by atoms with Crippen LogP contribution in [0, 0.1) is 13.8 Å². The van der Waals surface area contributed by atoms with Gasteiger partial charge in [-0.05, 0) is 44.5 Å². The minimum absolute atomic E-state index is 0.0628. The molecule has 2 rings (SSSR count). The van der Waals surface area contributed by atoms with Crippen LogP contribution in [0.4, 0.5) is 0 Å². The first-order valence-electron chi connectivity index (χ1n) is 7.58. The Hall–Kier alpha value is -2.43. The van der Waals surface area contributed by atoms with E-state index in [9.17, 15) is 4.79 Å². The molecule has 0 radical (unpaired) electrons. The summed E-state index contributed by atoms with van der Waals surface area (Å²) in [5.41, 5.74) is 1.57. The van der Waals surface area contributed by atoms with Crippen LogP contribution in [0.1, 0.15) is 34.4 Å². The molecule has 0 aliphatic rings. The molecule has 1 aromatic heterocycles. The molecule has 0 fully saturated rings. The summed E-state index contributed by atoms with van der Waals surface area (Å²) in [6.45, 7) is 6.61. The molecule has 1 heterocycles. The molecule has 0 N–H and O–H groups in total. The molecule has 2 aromatic rings. The zero-order valence-electron chi connectivity index (χ0n) is 14.3. The molecule has 0 bridgehead atoms. The Morgan fingerprint density at radius 3 is 2.52 bits per heavy atom. The van der Waals surface area contributed by atoms with E-state index in [4.69, 9.17) is 13.9 Å². The molecule has 0 saturated carbocycles. The lowest BCUT2D eigenvalue weighted by Gasteiger charge is -2.18. The largest absolute Gasteiger partial charge is 0.493 e. The van der Waals surface area contributed by atoms with E-state index in [1.165, 1.54) is 0 Å². The first-order valence-corrected chi connectivity index (χ1v) is 7.58. The number of furan rings is 1. The highest BCUT2D eigenvalue weighted by atomic mass is 16.5. The predicted octanol–water partition coefficient (Wildman–Crippen LogP) is 3.58. The van der Waals surface area contributed by atoms with Gasteiger partial charge < -0.3 is 18.8 Å². The van der Waals surface area contributed by atoms with Crippen molar-refractivity contribution in [1.29, 1.82) is 0 Å². The monoisotopic (exact) mass is 317 g/mol. The summed E-state index contributed by atoms with van der Waals surface area (Å²) in [6, 6.07) is 7.46. The lowest BCUT2D eigenvalue weighted by atomic mass is 10.1. The number of aryl methyl sites for hydroxylation is 2. The molecule has 0 spiro atoms. The van der Waals surface area contributed by atoms with E-state index in [0.717, 1.165) is 11.3 Å². The number of benzene rings is 1. The van der Waals surface area contributed by atoms with Gasteiger partial charge in [-0.25, -0.2) is 0 Å². The fourth-order valence-electron chi connectivity index (χ4n) is 2.48. The maximum absolute atomic E-state index is 12.5. The van der Waals surface area contributed by atoms with Crippen molar-refractivity contribution in [3.05, 3.63) is 46.9 Å². The summed E-state index contributed by atoms with van der Waals surface area (Å²) in [4.78, 5) is 14.2. The molecule has 1 aromatic carbocycles. The predicted molar refractivity (Wildman–Crippen MR) is 88.1 cm³/mol. The standard InChI is InChI=1S/C18H23NO4/c1-6-22-16-8-7-14(10-17(16)21-5)11-19(4)18(20)15-9-12(2)23-13(15)3/h7-10H,6,11H2,1-5H3. The highest BCUT2D eigenvalue weighted by Crippen LogP contribution is 2.28. The molecule has 5 heteroatoms. The molecule has 0 atom stereocenters. The Balaban J connectivity index is 2.15. The highest BCUT2D eigenvalue weighted by molar-refractivity contribution is 5.95. The number of carbonyl (C=O) groups excluding carboxylic acids is 1. The van der Waals surface area contributed by atoms with Gasteiger partial charge in [-0.15, -0.1) is 0 Å². The average molecular weight is 317 g/mol. The summed E-state index contributed by atoms with van der Waals surface area (Å²) in [5, 5.41) is 0. The van der Waals surface area contributed by atoms with Crippen molar-refractivity contribution < 1.29 is 18.7 Å². The van der Waals surface area contributed by atoms with Crippen LogP contribution >= 0.6 is 0 Å². The van der Waals surface area contributed by atoms with Crippen molar-refractivity contribution in [3.63, 3.8) is 0 Å². The second-order valence-electron chi connectivity index (χ2n) is 5.41. The maximum atomic E-state index is 12.5. The molecule has 0 saturated heterocycles. The van der Waals surface area contributed by atoms with Crippen LogP contribution in [-0.2, 0) is 6.54 Å². The van der Waals surface area contributed by atoms with Gasteiger partial charge in [-0.1, -0.05) is 6.07 Å².